The smallest absolute Gasteiger partial charge is 0.271 e. The van der Waals surface area contributed by atoms with Gasteiger partial charge in [0.15, 0.2) is 28.6 Å². The summed E-state index contributed by atoms with van der Waals surface area (Å²) in [6.45, 7) is 6.20. The fraction of sp³-hybridized carbons (Fsp3) is 0.556. The summed E-state index contributed by atoms with van der Waals surface area (Å²) in [7, 11) is 3.48. The molecule has 0 spiro atoms. The number of piperazine rings is 1. The molecule has 3 aliphatic heterocycles. The molecule has 3 atom stereocenters. The summed E-state index contributed by atoms with van der Waals surface area (Å²) in [6.07, 6.45) is 2.03. The maximum atomic E-state index is 12.9. The number of ether oxygens (including phenoxy) is 1. The van der Waals surface area contributed by atoms with Gasteiger partial charge in [-0.25, -0.2) is 9.97 Å². The number of amides is 2. The van der Waals surface area contributed by atoms with Crippen LogP contribution in [0, 0.1) is 0 Å². The van der Waals surface area contributed by atoms with Gasteiger partial charge in [0, 0.05) is 69.5 Å². The molecule has 0 radical (unpaired) electrons. The molecule has 4 N–H and O–H groups in total. The van der Waals surface area contributed by atoms with E-state index >= 15 is 0 Å². The number of nitrogens with two attached hydrogens (primary N) is 2. The van der Waals surface area contributed by atoms with E-state index in [1.54, 1.807) is 19.0 Å². The zero-order chi connectivity index (χ0) is 28.7. The van der Waals surface area contributed by atoms with Gasteiger partial charge >= 0.3 is 0 Å². The van der Waals surface area contributed by atoms with Crippen molar-refractivity contribution in [1.29, 1.82) is 0 Å². The van der Waals surface area contributed by atoms with Crippen molar-refractivity contribution in [1.82, 2.24) is 24.7 Å². The zero-order valence-electron chi connectivity index (χ0n) is 23.0. The first-order valence-electron chi connectivity index (χ1n) is 13.6. The number of likely N-dealkylation sites (N-methyl/N-ethyl adjacent to an activating group) is 1. The highest BCUT2D eigenvalue weighted by molar-refractivity contribution is 6.32. The Morgan fingerprint density at radius 1 is 1.10 bits per heavy atom. The maximum absolute atomic E-state index is 12.9. The molecule has 1 aromatic carbocycles. The number of anilines is 2. The quantitative estimate of drug-likeness (QED) is 0.520. The van der Waals surface area contributed by atoms with Crippen LogP contribution >= 0.6 is 23.2 Å². The summed E-state index contributed by atoms with van der Waals surface area (Å²) in [5.74, 6) is -0.366. The summed E-state index contributed by atoms with van der Waals surface area (Å²) in [5, 5.41) is 0.727. The minimum absolute atomic E-state index is 0.0118. The molecule has 2 amide bonds. The average Bonchev–Trinajstić information content (AvgIpc) is 3.31. The minimum Gasteiger partial charge on any atom is -0.382 e. The maximum Gasteiger partial charge on any atom is 0.271 e. The Hall–Kier alpha value is -2.70. The van der Waals surface area contributed by atoms with Gasteiger partial charge in [0.2, 0.25) is 0 Å². The highest BCUT2D eigenvalue weighted by Gasteiger charge is 2.42. The molecule has 3 aliphatic rings. The fourth-order valence-corrected chi connectivity index (χ4v) is 6.57. The Bertz CT molecular complexity index is 1290. The average molecular weight is 592 g/mol. The third-order valence-corrected chi connectivity index (χ3v) is 8.71. The van der Waals surface area contributed by atoms with E-state index in [2.05, 4.69) is 31.6 Å². The molecule has 2 saturated heterocycles. The first-order valence-corrected chi connectivity index (χ1v) is 14.4. The van der Waals surface area contributed by atoms with E-state index in [9.17, 15) is 9.59 Å². The minimum atomic E-state index is -0.754. The summed E-state index contributed by atoms with van der Waals surface area (Å²) in [6, 6.07) is 6.43. The van der Waals surface area contributed by atoms with Crippen molar-refractivity contribution in [3.05, 3.63) is 45.2 Å². The number of primary amides is 1. The van der Waals surface area contributed by atoms with Crippen LogP contribution in [0.4, 0.5) is 11.6 Å². The highest BCUT2D eigenvalue weighted by atomic mass is 35.5. The van der Waals surface area contributed by atoms with E-state index < -0.39 is 12.0 Å². The lowest BCUT2D eigenvalue weighted by molar-refractivity contribution is -0.153. The number of halogens is 2. The van der Waals surface area contributed by atoms with Gasteiger partial charge in [-0.15, -0.1) is 0 Å². The number of likely N-dealkylation sites (tertiary alicyclic amines) is 1. The molecule has 4 heterocycles. The van der Waals surface area contributed by atoms with Gasteiger partial charge in [-0.2, -0.15) is 0 Å². The number of hydrogen-bond donors (Lipinski definition) is 2. The van der Waals surface area contributed by atoms with Crippen molar-refractivity contribution >= 4 is 46.7 Å². The lowest BCUT2D eigenvalue weighted by Crippen LogP contribution is -2.58. The second-order valence-electron chi connectivity index (χ2n) is 10.8. The Morgan fingerprint density at radius 2 is 1.82 bits per heavy atom. The molecular formula is C27H36Cl2N8O3. The van der Waals surface area contributed by atoms with Gasteiger partial charge < -0.3 is 26.0 Å². The third kappa shape index (κ3) is 5.45. The number of rotatable bonds is 6. The highest BCUT2D eigenvalue weighted by Crippen LogP contribution is 2.44. The van der Waals surface area contributed by atoms with Crippen LogP contribution in [0.15, 0.2) is 18.2 Å². The van der Waals surface area contributed by atoms with Crippen LogP contribution in [0.3, 0.4) is 0 Å². The van der Waals surface area contributed by atoms with Crippen LogP contribution in [0.25, 0.3) is 0 Å². The lowest BCUT2D eigenvalue weighted by Gasteiger charge is -2.48. The number of aromatic nitrogens is 2. The summed E-state index contributed by atoms with van der Waals surface area (Å²) >= 11 is 12.7. The number of hydrogen-bond acceptors (Lipinski definition) is 9. The van der Waals surface area contributed by atoms with Crippen molar-refractivity contribution in [2.75, 3.05) is 57.5 Å². The van der Waals surface area contributed by atoms with E-state index in [0.717, 1.165) is 56.6 Å². The van der Waals surface area contributed by atoms with Crippen LogP contribution in [0.1, 0.15) is 60.1 Å². The van der Waals surface area contributed by atoms with Crippen molar-refractivity contribution in [3.63, 3.8) is 0 Å². The largest absolute Gasteiger partial charge is 0.382 e. The van der Waals surface area contributed by atoms with Crippen molar-refractivity contribution in [2.24, 2.45) is 5.73 Å². The van der Waals surface area contributed by atoms with Gasteiger partial charge in [-0.1, -0.05) is 36.2 Å². The third-order valence-electron chi connectivity index (χ3n) is 8.22. The van der Waals surface area contributed by atoms with Crippen molar-refractivity contribution < 1.29 is 14.3 Å². The summed E-state index contributed by atoms with van der Waals surface area (Å²) in [4.78, 5) is 41.5. The standard InChI is InChI=1S/C27H36Cl2N8O3/c1-4-16-14-36(25-22(29)32-20(24(31)38)23(30)33-25)11-12-37(16)17-7-9-35(10-8-17)27-18-6-5-15(28)13-19(18)21(40-27)26(39)34(2)3/h5-6,13,16-17,21,27H,4,7-12,14H2,1-3H3,(H2,30,33)(H2,31,38)/t16-,21?,27?/m0/s1. The number of fused-ring (bicyclic) bond motifs is 1. The number of benzene rings is 1. The zero-order valence-corrected chi connectivity index (χ0v) is 24.5. The van der Waals surface area contributed by atoms with Gasteiger partial charge in [-0.05, 0) is 37.0 Å². The van der Waals surface area contributed by atoms with E-state index in [-0.39, 0.29) is 28.8 Å². The molecule has 2 unspecified atom stereocenters. The topological polar surface area (TPSA) is 134 Å². The molecule has 40 heavy (non-hydrogen) atoms. The van der Waals surface area contributed by atoms with Gasteiger partial charge in [0.25, 0.3) is 11.8 Å². The van der Waals surface area contributed by atoms with Gasteiger partial charge in [0.05, 0.1) is 0 Å². The summed E-state index contributed by atoms with van der Waals surface area (Å²) in [5.41, 5.74) is 13.0. The number of nitrogens with zero attached hydrogens (tertiary/aromatic N) is 6. The van der Waals surface area contributed by atoms with Crippen LogP contribution in [-0.4, -0.2) is 95.4 Å². The van der Waals surface area contributed by atoms with Crippen molar-refractivity contribution in [3.8, 4) is 0 Å². The molecule has 11 nitrogen and oxygen atoms in total. The Labute approximate surface area is 244 Å². The monoisotopic (exact) mass is 590 g/mol. The molecule has 0 bridgehead atoms. The van der Waals surface area contributed by atoms with Gasteiger partial charge in [-0.3, -0.25) is 19.4 Å². The first-order chi connectivity index (χ1) is 19.1. The molecule has 0 aliphatic carbocycles. The van der Waals surface area contributed by atoms with E-state index in [4.69, 9.17) is 39.4 Å². The number of carbonyl (C=O) groups is 2. The first kappa shape index (κ1) is 28.8. The van der Waals surface area contributed by atoms with Crippen LogP contribution in [-0.2, 0) is 9.53 Å². The molecule has 13 heteroatoms. The predicted molar refractivity (Wildman–Crippen MR) is 154 cm³/mol. The van der Waals surface area contributed by atoms with Crippen molar-refractivity contribution in [2.45, 2.75) is 50.6 Å². The Kier molecular flexibility index (Phi) is 8.40. The van der Waals surface area contributed by atoms with E-state index in [1.807, 2.05) is 18.2 Å². The fourth-order valence-electron chi connectivity index (χ4n) is 6.14. The molecule has 1 aromatic heterocycles. The van der Waals surface area contributed by atoms with Crippen LogP contribution < -0.4 is 16.4 Å². The van der Waals surface area contributed by atoms with Crippen LogP contribution in [0.5, 0.6) is 0 Å². The van der Waals surface area contributed by atoms with E-state index in [0.29, 0.717) is 29.5 Å². The second-order valence-corrected chi connectivity index (χ2v) is 11.6. The predicted octanol–water partition coefficient (Wildman–Crippen LogP) is 2.69. The summed E-state index contributed by atoms with van der Waals surface area (Å²) < 4.78 is 6.37. The molecule has 2 fully saturated rings. The molecule has 0 saturated carbocycles. The number of piperidine rings is 1. The van der Waals surface area contributed by atoms with Gasteiger partial charge in [0.1, 0.15) is 6.23 Å². The Morgan fingerprint density at radius 3 is 2.48 bits per heavy atom. The number of carbonyl (C=O) groups excluding carboxylic acids is 2. The molecule has 5 rings (SSSR count). The normalized spacial score (nSPS) is 24.2. The van der Waals surface area contributed by atoms with E-state index in [1.165, 1.54) is 0 Å². The number of nitrogen functional groups attached to an aromatic ring is 1. The van der Waals surface area contributed by atoms with Crippen LogP contribution in [0.2, 0.25) is 10.2 Å². The SMILES string of the molecule is CC[C@H]1CN(c2nc(N)c(C(N)=O)nc2Cl)CCN1C1CCN(C2OC(C(=O)N(C)C)c3cc(Cl)ccc32)CC1. The lowest BCUT2D eigenvalue weighted by atomic mass is 9.97. The second kappa shape index (κ2) is 11.7. The Balaban J connectivity index is 1.25. The molecule has 216 valence electrons. The molecular weight excluding hydrogens is 555 g/mol. The molecule has 2 aromatic rings.